The lowest BCUT2D eigenvalue weighted by Gasteiger charge is -2.24. The Hall–Kier alpha value is 0.150. The molecule has 0 radical (unpaired) electrons. The molecular weight excluding hydrogens is 279 g/mol. The maximum absolute atomic E-state index is 12.2. The van der Waals surface area contributed by atoms with E-state index in [1.807, 2.05) is 0 Å². The Bertz CT molecular complexity index is 168. The number of halogens is 4. The second kappa shape index (κ2) is 7.43. The van der Waals surface area contributed by atoms with Crippen molar-refractivity contribution in [1.29, 1.82) is 0 Å². The summed E-state index contributed by atoms with van der Waals surface area (Å²) in [7, 11) is 1.48. The van der Waals surface area contributed by atoms with Crippen LogP contribution in [0.1, 0.15) is 0 Å². The van der Waals surface area contributed by atoms with Crippen LogP contribution in [-0.2, 0) is 4.74 Å². The minimum Gasteiger partial charge on any atom is -0.395 e. The Morgan fingerprint density at radius 3 is 2.40 bits per heavy atom. The van der Waals surface area contributed by atoms with Crippen LogP contribution in [0.3, 0.4) is 0 Å². The molecule has 0 aliphatic heterocycles. The summed E-state index contributed by atoms with van der Waals surface area (Å²) in [4.78, 5) is -0.0791. The number of aliphatic hydroxyl groups excluding tert-OH is 1. The smallest absolute Gasteiger partial charge is 0.395 e. The molecule has 0 spiro atoms. The van der Waals surface area contributed by atoms with Gasteiger partial charge in [0.2, 0.25) is 0 Å². The number of nitrogens with zero attached hydrogens (tertiary/aromatic N) is 1. The van der Waals surface area contributed by atoms with Crippen LogP contribution in [0, 0.1) is 0 Å². The van der Waals surface area contributed by atoms with Gasteiger partial charge in [-0.2, -0.15) is 13.2 Å². The molecule has 0 aromatic carbocycles. The zero-order valence-corrected chi connectivity index (χ0v) is 10.0. The van der Waals surface area contributed by atoms with Crippen LogP contribution in [0.4, 0.5) is 13.2 Å². The van der Waals surface area contributed by atoms with E-state index in [4.69, 9.17) is 9.84 Å². The van der Waals surface area contributed by atoms with Gasteiger partial charge in [0.1, 0.15) is 4.83 Å². The molecule has 1 N–H and O–H groups in total. The van der Waals surface area contributed by atoms with E-state index < -0.39 is 11.0 Å². The van der Waals surface area contributed by atoms with Gasteiger partial charge in [-0.3, -0.25) is 4.90 Å². The normalized spacial score (nSPS) is 14.6. The summed E-state index contributed by atoms with van der Waals surface area (Å²) in [5.74, 6) is 0. The third kappa shape index (κ3) is 7.10. The fraction of sp³-hybridized carbons (Fsp3) is 1.00. The van der Waals surface area contributed by atoms with Crippen LogP contribution in [0.5, 0.6) is 0 Å². The molecule has 0 aliphatic rings. The second-order valence-corrected chi connectivity index (χ2v) is 4.13. The zero-order chi connectivity index (χ0) is 11.9. The summed E-state index contributed by atoms with van der Waals surface area (Å²) in [5, 5.41) is 8.67. The van der Waals surface area contributed by atoms with Crippen LogP contribution in [0.2, 0.25) is 0 Å². The molecule has 0 saturated heterocycles. The Morgan fingerprint density at radius 1 is 1.40 bits per heavy atom. The minimum absolute atomic E-state index is 0.165. The van der Waals surface area contributed by atoms with Gasteiger partial charge >= 0.3 is 6.18 Å². The van der Waals surface area contributed by atoms with Gasteiger partial charge in [0, 0.05) is 26.7 Å². The molecule has 0 amide bonds. The van der Waals surface area contributed by atoms with Gasteiger partial charge in [0.05, 0.1) is 13.2 Å². The molecule has 0 heterocycles. The van der Waals surface area contributed by atoms with Crippen molar-refractivity contribution < 1.29 is 23.0 Å². The Balaban J connectivity index is 4.03. The lowest BCUT2D eigenvalue weighted by atomic mass is 10.3. The van der Waals surface area contributed by atoms with Crippen LogP contribution >= 0.6 is 15.9 Å². The molecule has 0 saturated carbocycles. The summed E-state index contributed by atoms with van der Waals surface area (Å²) < 4.78 is 41.4. The average Bonchev–Trinajstić information content (AvgIpc) is 2.13. The number of aliphatic hydroxyl groups is 1. The summed E-state index contributed by atoms with van der Waals surface area (Å²) in [5.41, 5.74) is 0. The van der Waals surface area contributed by atoms with E-state index in [9.17, 15) is 13.2 Å². The number of hydrogen-bond donors (Lipinski definition) is 1. The lowest BCUT2D eigenvalue weighted by molar-refractivity contribution is -0.131. The van der Waals surface area contributed by atoms with Crippen molar-refractivity contribution in [3.63, 3.8) is 0 Å². The molecule has 0 aromatic heterocycles. The Morgan fingerprint density at radius 2 is 2.00 bits per heavy atom. The van der Waals surface area contributed by atoms with Crippen LogP contribution in [0.15, 0.2) is 0 Å². The van der Waals surface area contributed by atoms with E-state index >= 15 is 0 Å². The maximum atomic E-state index is 12.2. The van der Waals surface area contributed by atoms with Gasteiger partial charge in [-0.05, 0) is 0 Å². The van der Waals surface area contributed by atoms with E-state index in [1.165, 1.54) is 12.0 Å². The monoisotopic (exact) mass is 293 g/mol. The topological polar surface area (TPSA) is 32.7 Å². The first-order valence-electron chi connectivity index (χ1n) is 4.44. The van der Waals surface area contributed by atoms with Crippen LogP contribution < -0.4 is 0 Å². The fourth-order valence-electron chi connectivity index (χ4n) is 0.986. The molecule has 15 heavy (non-hydrogen) atoms. The first-order valence-corrected chi connectivity index (χ1v) is 5.36. The van der Waals surface area contributed by atoms with E-state index in [2.05, 4.69) is 15.9 Å². The predicted octanol–water partition coefficient (Wildman–Crippen LogP) is 1.25. The van der Waals surface area contributed by atoms with Gasteiger partial charge in [0.25, 0.3) is 0 Å². The predicted molar refractivity (Wildman–Crippen MR) is 54.2 cm³/mol. The zero-order valence-electron chi connectivity index (χ0n) is 8.43. The molecular formula is C8H15BrF3NO2. The lowest BCUT2D eigenvalue weighted by Crippen LogP contribution is -2.40. The SMILES string of the molecule is COCCN(CCO)CC(Br)C(F)(F)F. The number of alkyl halides is 4. The summed E-state index contributed by atoms with van der Waals surface area (Å²) in [6.45, 7) is 0.572. The quantitative estimate of drug-likeness (QED) is 0.717. The van der Waals surface area contributed by atoms with Gasteiger partial charge in [0.15, 0.2) is 0 Å². The van der Waals surface area contributed by atoms with Gasteiger partial charge in [-0.15, -0.1) is 0 Å². The minimum atomic E-state index is -4.26. The van der Waals surface area contributed by atoms with E-state index in [-0.39, 0.29) is 19.7 Å². The first-order chi connectivity index (χ1) is 6.91. The van der Waals surface area contributed by atoms with Gasteiger partial charge in [-0.1, -0.05) is 15.9 Å². The summed E-state index contributed by atoms with van der Waals surface area (Å²) in [6.07, 6.45) is -4.26. The average molecular weight is 294 g/mol. The van der Waals surface area contributed by atoms with Crippen LogP contribution in [0.25, 0.3) is 0 Å². The summed E-state index contributed by atoms with van der Waals surface area (Å²) >= 11 is 2.57. The molecule has 7 heteroatoms. The second-order valence-electron chi connectivity index (χ2n) is 3.03. The van der Waals surface area contributed by atoms with Crippen molar-refractivity contribution in [1.82, 2.24) is 4.90 Å². The van der Waals surface area contributed by atoms with Crippen LogP contribution in [-0.4, -0.2) is 61.0 Å². The Labute approximate surface area is 95.3 Å². The molecule has 3 nitrogen and oxygen atoms in total. The number of rotatable bonds is 7. The Kier molecular flexibility index (Phi) is 7.50. The maximum Gasteiger partial charge on any atom is 0.402 e. The molecule has 0 bridgehead atoms. The highest BCUT2D eigenvalue weighted by atomic mass is 79.9. The molecule has 92 valence electrons. The highest BCUT2D eigenvalue weighted by Crippen LogP contribution is 2.26. The number of hydrogen-bond acceptors (Lipinski definition) is 3. The molecule has 0 aliphatic carbocycles. The third-order valence-corrected chi connectivity index (χ3v) is 2.61. The fourth-order valence-corrected chi connectivity index (χ4v) is 1.40. The number of methoxy groups -OCH3 is 1. The van der Waals surface area contributed by atoms with Gasteiger partial charge < -0.3 is 9.84 Å². The highest BCUT2D eigenvalue weighted by molar-refractivity contribution is 9.09. The van der Waals surface area contributed by atoms with Crippen molar-refractivity contribution in [3.8, 4) is 0 Å². The molecule has 0 rings (SSSR count). The van der Waals surface area contributed by atoms with Crippen molar-refractivity contribution in [2.24, 2.45) is 0 Å². The standard InChI is InChI=1S/C8H15BrF3NO2/c1-15-5-3-13(2-4-14)6-7(9)8(10,11)12/h7,14H,2-6H2,1H3. The molecule has 1 unspecified atom stereocenters. The molecule has 1 atom stereocenters. The molecule has 0 aromatic rings. The first kappa shape index (κ1) is 15.2. The van der Waals surface area contributed by atoms with E-state index in [1.54, 1.807) is 0 Å². The third-order valence-electron chi connectivity index (χ3n) is 1.80. The largest absolute Gasteiger partial charge is 0.402 e. The van der Waals surface area contributed by atoms with Crippen molar-refractivity contribution in [2.45, 2.75) is 11.0 Å². The molecule has 0 fully saturated rings. The van der Waals surface area contributed by atoms with Crippen molar-refractivity contribution >= 4 is 15.9 Å². The van der Waals surface area contributed by atoms with Crippen molar-refractivity contribution in [3.05, 3.63) is 0 Å². The highest BCUT2D eigenvalue weighted by Gasteiger charge is 2.38. The van der Waals surface area contributed by atoms with Gasteiger partial charge in [-0.25, -0.2) is 0 Å². The number of ether oxygens (including phenoxy) is 1. The van der Waals surface area contributed by atoms with Crippen molar-refractivity contribution in [2.75, 3.05) is 40.0 Å². The van der Waals surface area contributed by atoms with E-state index in [0.29, 0.717) is 13.2 Å². The van der Waals surface area contributed by atoms with E-state index in [0.717, 1.165) is 0 Å². The summed E-state index contributed by atoms with van der Waals surface area (Å²) in [6, 6.07) is 0.